The molecule has 31 heavy (non-hydrogen) atoms. The number of fused-ring (bicyclic) bond motifs is 2. The van der Waals surface area contributed by atoms with Gasteiger partial charge in [0, 0.05) is 30.3 Å². The number of anilines is 3. The topological polar surface area (TPSA) is 90.7 Å². The van der Waals surface area contributed by atoms with Crippen molar-refractivity contribution in [3.05, 3.63) is 70.9 Å². The summed E-state index contributed by atoms with van der Waals surface area (Å²) in [5, 5.41) is 23.1. The van der Waals surface area contributed by atoms with E-state index in [9.17, 15) is 10.0 Å². The molecule has 2 aliphatic heterocycles. The molecule has 3 aromatic rings. The van der Waals surface area contributed by atoms with Crippen LogP contribution in [0.1, 0.15) is 29.3 Å². The Morgan fingerprint density at radius 1 is 1.10 bits per heavy atom. The van der Waals surface area contributed by atoms with E-state index in [1.807, 2.05) is 30.3 Å². The van der Waals surface area contributed by atoms with E-state index < -0.39 is 7.12 Å². The maximum absolute atomic E-state index is 9.79. The van der Waals surface area contributed by atoms with Crippen LogP contribution in [0.25, 0.3) is 0 Å². The van der Waals surface area contributed by atoms with Gasteiger partial charge in [-0.15, -0.1) is 0 Å². The fourth-order valence-electron chi connectivity index (χ4n) is 4.47. The fourth-order valence-corrected chi connectivity index (χ4v) is 4.47. The highest BCUT2D eigenvalue weighted by Gasteiger charge is 2.34. The van der Waals surface area contributed by atoms with Crippen molar-refractivity contribution in [1.29, 1.82) is 0 Å². The highest BCUT2D eigenvalue weighted by Crippen LogP contribution is 2.37. The molecular weight excluding hydrogens is 391 g/mol. The van der Waals surface area contributed by atoms with Crippen molar-refractivity contribution in [3.63, 3.8) is 0 Å². The van der Waals surface area contributed by atoms with Crippen LogP contribution >= 0.6 is 0 Å². The van der Waals surface area contributed by atoms with Crippen molar-refractivity contribution < 1.29 is 14.8 Å². The summed E-state index contributed by atoms with van der Waals surface area (Å²) in [4.78, 5) is 11.9. The van der Waals surface area contributed by atoms with Crippen LogP contribution in [-0.2, 0) is 30.7 Å². The molecule has 5 rings (SSSR count). The van der Waals surface area contributed by atoms with E-state index in [0.29, 0.717) is 37.6 Å². The molecule has 158 valence electrons. The lowest BCUT2D eigenvalue weighted by Crippen LogP contribution is -2.32. The van der Waals surface area contributed by atoms with Crippen molar-refractivity contribution in [2.45, 2.75) is 39.0 Å². The molecule has 1 atom stereocenters. The SMILES string of the molecule is CC1Cc2c(B(O)O)cccc2N1c1nc2c(c(NCc3ccccc3)n1)COCC2. The Hall–Kier alpha value is -2.94. The van der Waals surface area contributed by atoms with Gasteiger partial charge in [-0.25, -0.2) is 4.98 Å². The monoisotopic (exact) mass is 416 g/mol. The first-order valence-electron chi connectivity index (χ1n) is 10.6. The highest BCUT2D eigenvalue weighted by molar-refractivity contribution is 6.59. The first kappa shape index (κ1) is 20.0. The Morgan fingerprint density at radius 2 is 1.94 bits per heavy atom. The van der Waals surface area contributed by atoms with Gasteiger partial charge in [0.15, 0.2) is 0 Å². The molecule has 0 spiro atoms. The average Bonchev–Trinajstić information content (AvgIpc) is 3.13. The molecule has 1 unspecified atom stereocenters. The number of hydrogen-bond acceptors (Lipinski definition) is 7. The minimum Gasteiger partial charge on any atom is -0.423 e. The van der Waals surface area contributed by atoms with Crippen LogP contribution in [0.2, 0.25) is 0 Å². The van der Waals surface area contributed by atoms with E-state index in [4.69, 9.17) is 14.7 Å². The molecule has 8 heteroatoms. The maximum atomic E-state index is 9.79. The summed E-state index contributed by atoms with van der Waals surface area (Å²) in [6.07, 6.45) is 1.45. The van der Waals surface area contributed by atoms with Gasteiger partial charge in [-0.1, -0.05) is 42.5 Å². The summed E-state index contributed by atoms with van der Waals surface area (Å²) in [6.45, 7) is 3.92. The van der Waals surface area contributed by atoms with Crippen LogP contribution in [0.15, 0.2) is 48.5 Å². The number of benzene rings is 2. The fraction of sp³-hybridized carbons (Fsp3) is 0.304. The van der Waals surface area contributed by atoms with E-state index in [-0.39, 0.29) is 6.04 Å². The van der Waals surface area contributed by atoms with Crippen LogP contribution in [0.4, 0.5) is 17.5 Å². The van der Waals surface area contributed by atoms with Crippen LogP contribution in [0, 0.1) is 0 Å². The molecule has 1 aromatic heterocycles. The second-order valence-corrected chi connectivity index (χ2v) is 8.08. The second-order valence-electron chi connectivity index (χ2n) is 8.08. The van der Waals surface area contributed by atoms with E-state index in [2.05, 4.69) is 29.3 Å². The lowest BCUT2D eigenvalue weighted by Gasteiger charge is -2.26. The molecule has 2 aromatic carbocycles. The molecule has 0 bridgehead atoms. The number of nitrogens with one attached hydrogen (secondary N) is 1. The first-order chi connectivity index (χ1) is 15.1. The maximum Gasteiger partial charge on any atom is 0.488 e. The Labute approximate surface area is 181 Å². The summed E-state index contributed by atoms with van der Waals surface area (Å²) in [5.74, 6) is 1.43. The standard InChI is InChI=1S/C23H25BN4O3/c1-15-12-17-19(24(29)30)8-5-9-21(17)28(15)23-26-20-10-11-31-14-18(20)22(27-23)25-13-16-6-3-2-4-7-16/h2-9,15,29-30H,10-14H2,1H3,(H,25,26,27). The Morgan fingerprint density at radius 3 is 2.74 bits per heavy atom. The van der Waals surface area contributed by atoms with Gasteiger partial charge >= 0.3 is 7.12 Å². The lowest BCUT2D eigenvalue weighted by molar-refractivity contribution is 0.109. The average molecular weight is 416 g/mol. The normalized spacial score (nSPS) is 17.3. The smallest absolute Gasteiger partial charge is 0.423 e. The summed E-state index contributed by atoms with van der Waals surface area (Å²) in [6, 6.07) is 15.9. The Bertz CT molecular complexity index is 1090. The second kappa shape index (κ2) is 8.30. The molecular formula is C23H25BN4O3. The number of rotatable bonds is 5. The largest absolute Gasteiger partial charge is 0.488 e. The minimum absolute atomic E-state index is 0.106. The number of ether oxygens (including phenoxy) is 1. The van der Waals surface area contributed by atoms with Crippen molar-refractivity contribution in [1.82, 2.24) is 9.97 Å². The molecule has 0 radical (unpaired) electrons. The summed E-state index contributed by atoms with van der Waals surface area (Å²) in [5.41, 5.74) is 5.60. The third-order valence-corrected chi connectivity index (χ3v) is 5.99. The van der Waals surface area contributed by atoms with E-state index in [1.54, 1.807) is 6.07 Å². The molecule has 0 saturated heterocycles. The van der Waals surface area contributed by atoms with Gasteiger partial charge in [0.25, 0.3) is 0 Å². The Kier molecular flexibility index (Phi) is 5.35. The van der Waals surface area contributed by atoms with Crippen LogP contribution in [0.5, 0.6) is 0 Å². The summed E-state index contributed by atoms with van der Waals surface area (Å²) < 4.78 is 5.68. The zero-order valence-electron chi connectivity index (χ0n) is 17.5. The van der Waals surface area contributed by atoms with Crippen LogP contribution in [0.3, 0.4) is 0 Å². The third-order valence-electron chi connectivity index (χ3n) is 5.99. The predicted octanol–water partition coefficient (Wildman–Crippen LogP) is 1.92. The zero-order chi connectivity index (χ0) is 21.4. The molecule has 0 saturated carbocycles. The van der Waals surface area contributed by atoms with Crippen molar-refractivity contribution in [2.75, 3.05) is 16.8 Å². The number of aromatic nitrogens is 2. The van der Waals surface area contributed by atoms with Crippen LogP contribution in [-0.4, -0.2) is 39.8 Å². The Balaban J connectivity index is 1.54. The van der Waals surface area contributed by atoms with Gasteiger partial charge < -0.3 is 25.0 Å². The molecule has 0 amide bonds. The molecule has 3 heterocycles. The zero-order valence-corrected chi connectivity index (χ0v) is 17.5. The molecule has 7 nitrogen and oxygen atoms in total. The van der Waals surface area contributed by atoms with Gasteiger partial charge in [0.1, 0.15) is 5.82 Å². The van der Waals surface area contributed by atoms with E-state index in [1.165, 1.54) is 5.56 Å². The first-order valence-corrected chi connectivity index (χ1v) is 10.6. The lowest BCUT2D eigenvalue weighted by atomic mass is 9.76. The third kappa shape index (κ3) is 3.78. The van der Waals surface area contributed by atoms with Gasteiger partial charge in [-0.2, -0.15) is 4.98 Å². The minimum atomic E-state index is -1.49. The van der Waals surface area contributed by atoms with E-state index in [0.717, 1.165) is 34.7 Å². The highest BCUT2D eigenvalue weighted by atomic mass is 16.5. The van der Waals surface area contributed by atoms with Crippen LogP contribution < -0.4 is 15.7 Å². The molecule has 0 aliphatic carbocycles. The van der Waals surface area contributed by atoms with Crippen molar-refractivity contribution in [2.24, 2.45) is 0 Å². The van der Waals surface area contributed by atoms with Gasteiger partial charge in [0.05, 0.1) is 18.9 Å². The van der Waals surface area contributed by atoms with Gasteiger partial charge in [-0.3, -0.25) is 0 Å². The number of nitrogens with zero attached hydrogens (tertiary/aromatic N) is 3. The predicted molar refractivity (Wildman–Crippen MR) is 121 cm³/mol. The molecule has 2 aliphatic rings. The number of hydrogen-bond donors (Lipinski definition) is 3. The van der Waals surface area contributed by atoms with Crippen molar-refractivity contribution in [3.8, 4) is 0 Å². The summed E-state index contributed by atoms with van der Waals surface area (Å²) >= 11 is 0. The van der Waals surface area contributed by atoms with Gasteiger partial charge in [-0.05, 0) is 36.0 Å². The summed E-state index contributed by atoms with van der Waals surface area (Å²) in [7, 11) is -1.49. The molecule has 0 fully saturated rings. The van der Waals surface area contributed by atoms with E-state index >= 15 is 0 Å². The molecule has 3 N–H and O–H groups in total. The van der Waals surface area contributed by atoms with Gasteiger partial charge in [0.2, 0.25) is 5.95 Å². The quantitative estimate of drug-likeness (QED) is 0.548. The van der Waals surface area contributed by atoms with Crippen molar-refractivity contribution >= 4 is 30.0 Å².